The molecule has 2 fully saturated rings. The highest BCUT2D eigenvalue weighted by molar-refractivity contribution is 8.03. The number of nitrogens with zero attached hydrogens (tertiary/aromatic N) is 2. The van der Waals surface area contributed by atoms with Crippen LogP contribution in [0.15, 0.2) is 16.0 Å². The van der Waals surface area contributed by atoms with Gasteiger partial charge in [0.05, 0.1) is 36.3 Å². The van der Waals surface area contributed by atoms with Crippen LogP contribution >= 0.6 is 23.1 Å². The lowest BCUT2D eigenvalue weighted by molar-refractivity contribution is -0.163. The second kappa shape index (κ2) is 8.41. The summed E-state index contributed by atoms with van der Waals surface area (Å²) in [4.78, 5) is 41.9. The number of thiazole rings is 1. The highest BCUT2D eigenvalue weighted by atomic mass is 32.2. The Hall–Kier alpha value is -2.15. The molecule has 4 heterocycles. The molecular weight excluding hydrogens is 442 g/mol. The minimum Gasteiger partial charge on any atom is -0.477 e. The van der Waals surface area contributed by atoms with E-state index in [0.29, 0.717) is 11.4 Å². The lowest BCUT2D eigenvalue weighted by atomic mass is 9.79. The van der Waals surface area contributed by atoms with Crippen molar-refractivity contribution in [1.29, 1.82) is 0 Å². The number of aromatic nitrogens is 1. The average Bonchev–Trinajstić information content (AvgIpc) is 3.38. The molecule has 6 N–H and O–H groups in total. The van der Waals surface area contributed by atoms with Gasteiger partial charge in [0.1, 0.15) is 10.7 Å². The third-order valence-corrected chi connectivity index (χ3v) is 8.41. The number of hydrogen-bond donors (Lipinski definition) is 5. The summed E-state index contributed by atoms with van der Waals surface area (Å²) in [6, 6.07) is -0.864. The van der Waals surface area contributed by atoms with E-state index in [1.165, 1.54) is 28.0 Å². The minimum atomic E-state index is -1.11. The van der Waals surface area contributed by atoms with Gasteiger partial charge in [-0.25, -0.2) is 14.6 Å². The predicted molar refractivity (Wildman–Crippen MR) is 115 cm³/mol. The number of rotatable bonds is 7. The molecule has 0 bridgehead atoms. The molecule has 0 saturated carbocycles. The number of carbonyl (C=O) groups excluding carboxylic acids is 2. The summed E-state index contributed by atoms with van der Waals surface area (Å²) >= 11 is 2.95. The number of carbonyl (C=O) groups is 3. The van der Waals surface area contributed by atoms with Crippen LogP contribution in [0.3, 0.4) is 0 Å². The largest absolute Gasteiger partial charge is 0.477 e. The molecule has 3 amide bonds. The van der Waals surface area contributed by atoms with E-state index in [1.54, 1.807) is 6.92 Å². The molecule has 4 rings (SSSR count). The molecule has 0 aromatic carbocycles. The van der Waals surface area contributed by atoms with Crippen molar-refractivity contribution in [3.05, 3.63) is 26.7 Å². The van der Waals surface area contributed by atoms with Crippen LogP contribution in [-0.2, 0) is 16.1 Å². The number of aliphatic hydroxyl groups is 1. The van der Waals surface area contributed by atoms with Crippen LogP contribution in [0.1, 0.15) is 37.0 Å². The van der Waals surface area contributed by atoms with Crippen molar-refractivity contribution in [2.75, 3.05) is 6.54 Å². The Morgan fingerprint density at radius 1 is 1.52 bits per heavy atom. The molecule has 10 nitrogen and oxygen atoms in total. The summed E-state index contributed by atoms with van der Waals surface area (Å²) < 4.78 is 0. The van der Waals surface area contributed by atoms with E-state index in [9.17, 15) is 24.6 Å². The summed E-state index contributed by atoms with van der Waals surface area (Å²) in [7, 11) is 0. The van der Waals surface area contributed by atoms with Crippen molar-refractivity contribution >= 4 is 41.0 Å². The number of aliphatic hydroxyl groups excluding tert-OH is 1. The first-order chi connectivity index (χ1) is 14.7. The smallest absolute Gasteiger partial charge is 0.353 e. The second-order valence-electron chi connectivity index (χ2n) is 8.09. The Kier molecular flexibility index (Phi) is 5.99. The number of primary amides is 1. The molecule has 31 heavy (non-hydrogen) atoms. The number of thioether (sulfide) groups is 1. The third-order valence-electron chi connectivity index (χ3n) is 6.04. The van der Waals surface area contributed by atoms with Gasteiger partial charge in [0.2, 0.25) is 5.91 Å². The van der Waals surface area contributed by atoms with Gasteiger partial charge in [0, 0.05) is 28.0 Å². The van der Waals surface area contributed by atoms with Crippen LogP contribution in [-0.4, -0.2) is 61.9 Å². The van der Waals surface area contributed by atoms with Crippen LogP contribution in [0.25, 0.3) is 0 Å². The summed E-state index contributed by atoms with van der Waals surface area (Å²) in [5, 5.41) is 28.5. The van der Waals surface area contributed by atoms with Gasteiger partial charge < -0.3 is 31.5 Å². The van der Waals surface area contributed by atoms with E-state index in [0.717, 1.165) is 17.1 Å². The summed E-state index contributed by atoms with van der Waals surface area (Å²) in [6.07, 6.45) is -0.0467. The molecule has 0 spiro atoms. The number of nitrogens with one attached hydrogen (secondary N) is 2. The molecule has 0 unspecified atom stereocenters. The highest BCUT2D eigenvalue weighted by Crippen LogP contribution is 2.52. The maximum Gasteiger partial charge on any atom is 0.353 e. The maximum atomic E-state index is 12.5. The minimum absolute atomic E-state index is 0.0329. The van der Waals surface area contributed by atoms with Crippen LogP contribution in [0.2, 0.25) is 0 Å². The molecule has 1 aromatic heterocycles. The van der Waals surface area contributed by atoms with E-state index >= 15 is 0 Å². The Bertz CT molecular complexity index is 948. The zero-order valence-corrected chi connectivity index (χ0v) is 18.7. The van der Waals surface area contributed by atoms with E-state index < -0.39 is 24.0 Å². The predicted octanol–water partition coefficient (Wildman–Crippen LogP) is 0.601. The van der Waals surface area contributed by atoms with Crippen LogP contribution in [0.5, 0.6) is 0 Å². The van der Waals surface area contributed by atoms with E-state index in [1.807, 2.05) is 12.3 Å². The van der Waals surface area contributed by atoms with Crippen LogP contribution < -0.4 is 16.4 Å². The Morgan fingerprint density at radius 3 is 2.90 bits per heavy atom. The molecule has 3 aliphatic heterocycles. The molecule has 2 saturated heterocycles. The van der Waals surface area contributed by atoms with Gasteiger partial charge in [-0.15, -0.1) is 23.1 Å². The molecule has 3 aliphatic rings. The zero-order valence-electron chi connectivity index (χ0n) is 17.1. The summed E-state index contributed by atoms with van der Waals surface area (Å²) in [6.45, 7) is 4.47. The number of nitrogens with two attached hydrogens (primary N) is 1. The molecular formula is C19H25N5O5S2. The van der Waals surface area contributed by atoms with Gasteiger partial charge in [0.25, 0.3) is 0 Å². The number of hydrogen-bond acceptors (Lipinski definition) is 8. The number of urea groups is 1. The molecule has 6 atom stereocenters. The van der Waals surface area contributed by atoms with Crippen LogP contribution in [0, 0.1) is 11.8 Å². The average molecular weight is 468 g/mol. The standard InChI is InChI=1S/C19H25N5O5S2/c1-7-14-13(8(2)25)17(26)24(14)15(18(27)28)16(7)31-9-3-10(21-4-9)11-6-30-12(23-11)5-22-19(20)29/h6-10,13-14,21,25H,3-5H2,1-2H3,(H,27,28)(H3,20,22,29)/t7-,8-,9+,10+,13-,14-/m1/s1. The highest BCUT2D eigenvalue weighted by Gasteiger charge is 2.60. The first-order valence-corrected chi connectivity index (χ1v) is 11.8. The van der Waals surface area contributed by atoms with Gasteiger partial charge in [-0.1, -0.05) is 6.92 Å². The summed E-state index contributed by atoms with van der Waals surface area (Å²) in [5.41, 5.74) is 6.03. The normalized spacial score (nSPS) is 30.9. The van der Waals surface area contributed by atoms with E-state index in [4.69, 9.17) is 5.73 Å². The van der Waals surface area contributed by atoms with Gasteiger partial charge >= 0.3 is 12.0 Å². The number of amides is 3. The van der Waals surface area contributed by atoms with Crippen molar-refractivity contribution in [3.63, 3.8) is 0 Å². The van der Waals surface area contributed by atoms with E-state index in [-0.39, 0.29) is 41.4 Å². The Labute approximate surface area is 187 Å². The number of β-lactam (4-membered cyclic amide) rings is 1. The lowest BCUT2D eigenvalue weighted by Gasteiger charge is -2.46. The van der Waals surface area contributed by atoms with Crippen molar-refractivity contribution in [2.45, 2.75) is 50.3 Å². The Morgan fingerprint density at radius 2 is 2.26 bits per heavy atom. The van der Waals surface area contributed by atoms with E-state index in [2.05, 4.69) is 15.6 Å². The quantitative estimate of drug-likeness (QED) is 0.365. The maximum absolute atomic E-state index is 12.5. The lowest BCUT2D eigenvalue weighted by Crippen LogP contribution is -2.63. The zero-order chi connectivity index (χ0) is 22.4. The second-order valence-corrected chi connectivity index (χ2v) is 10.4. The topological polar surface area (TPSA) is 158 Å². The van der Waals surface area contributed by atoms with Crippen molar-refractivity contribution in [2.24, 2.45) is 17.6 Å². The van der Waals surface area contributed by atoms with Crippen molar-refractivity contribution in [1.82, 2.24) is 20.5 Å². The number of carboxylic acid groups (broad SMARTS) is 1. The first-order valence-electron chi connectivity index (χ1n) is 10.0. The molecule has 1 aromatic rings. The fourth-order valence-corrected chi connectivity index (χ4v) is 6.87. The number of fused-ring (bicyclic) bond motifs is 1. The fraction of sp³-hybridized carbons (Fsp3) is 0.579. The number of carboxylic acids is 1. The SMILES string of the molecule is C[C@@H](O)[C@H]1C(=O)N2C(C(=O)O)=C(S[C@@H]3CN[C@H](c4csc(CNC(N)=O)n4)C3)[C@H](C)[C@H]12. The van der Waals surface area contributed by atoms with Crippen molar-refractivity contribution in [3.8, 4) is 0 Å². The van der Waals surface area contributed by atoms with Crippen molar-refractivity contribution < 1.29 is 24.6 Å². The number of aliphatic carboxylic acids is 1. The van der Waals surface area contributed by atoms with Gasteiger partial charge in [-0.3, -0.25) is 4.79 Å². The molecule has 168 valence electrons. The summed E-state index contributed by atoms with van der Waals surface area (Å²) in [5.74, 6) is -2.12. The first kappa shape index (κ1) is 22.1. The fourth-order valence-electron chi connectivity index (χ4n) is 4.61. The van der Waals surface area contributed by atoms with Gasteiger partial charge in [-0.2, -0.15) is 0 Å². The molecule has 0 aliphatic carbocycles. The van der Waals surface area contributed by atoms with Gasteiger partial charge in [-0.05, 0) is 13.3 Å². The van der Waals surface area contributed by atoms with Gasteiger partial charge in [0.15, 0.2) is 0 Å². The molecule has 12 heteroatoms. The Balaban J connectivity index is 1.44. The van der Waals surface area contributed by atoms with Crippen LogP contribution in [0.4, 0.5) is 4.79 Å². The molecule has 0 radical (unpaired) electrons. The third kappa shape index (κ3) is 3.93. The monoisotopic (exact) mass is 467 g/mol.